The molecule has 2 fully saturated rings. The number of rotatable bonds is 4. The van der Waals surface area contributed by atoms with Gasteiger partial charge in [0.05, 0.1) is 5.41 Å². The predicted octanol–water partition coefficient (Wildman–Crippen LogP) is 0.429. The maximum Gasteiger partial charge on any atom is 0.227 e. The van der Waals surface area contributed by atoms with Gasteiger partial charge in [0.25, 0.3) is 0 Å². The van der Waals surface area contributed by atoms with Crippen LogP contribution in [0.25, 0.3) is 0 Å². The lowest BCUT2D eigenvalue weighted by Gasteiger charge is -2.44. The summed E-state index contributed by atoms with van der Waals surface area (Å²) < 4.78 is 0. The second-order valence-corrected chi connectivity index (χ2v) is 6.12. The minimum atomic E-state index is -0.246. The quantitative estimate of drug-likeness (QED) is 0.748. The summed E-state index contributed by atoms with van der Waals surface area (Å²) in [6.07, 6.45) is 3.11. The highest BCUT2D eigenvalue weighted by atomic mass is 16.2. The van der Waals surface area contributed by atoms with Gasteiger partial charge in [-0.2, -0.15) is 0 Å². The molecule has 1 aliphatic carbocycles. The van der Waals surface area contributed by atoms with Crippen LogP contribution in [-0.2, 0) is 4.79 Å². The predicted molar refractivity (Wildman–Crippen MR) is 68.5 cm³/mol. The first kappa shape index (κ1) is 12.8. The molecule has 2 aliphatic rings. The first-order valence-electron chi connectivity index (χ1n) is 6.72. The second kappa shape index (κ2) is 4.94. The summed E-state index contributed by atoms with van der Waals surface area (Å²) >= 11 is 0. The lowest BCUT2D eigenvalue weighted by Crippen LogP contribution is -2.54. The molecule has 4 heteroatoms. The molecule has 2 rings (SSSR count). The third-order valence-corrected chi connectivity index (χ3v) is 4.39. The molecule has 98 valence electrons. The highest BCUT2D eigenvalue weighted by Gasteiger charge is 2.47. The molecule has 1 saturated carbocycles. The smallest absolute Gasteiger partial charge is 0.227 e. The SMILES string of the molecule is CC1CC(CN)(C(=O)NCC2CCN(C)C2)C1. The van der Waals surface area contributed by atoms with E-state index in [1.165, 1.54) is 6.42 Å². The molecule has 0 aromatic heterocycles. The number of likely N-dealkylation sites (tertiary alicyclic amines) is 1. The molecule has 0 radical (unpaired) electrons. The Hall–Kier alpha value is -0.610. The van der Waals surface area contributed by atoms with Gasteiger partial charge in [-0.25, -0.2) is 0 Å². The summed E-state index contributed by atoms with van der Waals surface area (Å²) in [5.74, 6) is 1.46. The zero-order valence-electron chi connectivity index (χ0n) is 11.0. The number of carbonyl (C=O) groups excluding carboxylic acids is 1. The molecule has 1 unspecified atom stereocenters. The average molecular weight is 239 g/mol. The van der Waals surface area contributed by atoms with E-state index < -0.39 is 0 Å². The van der Waals surface area contributed by atoms with E-state index >= 15 is 0 Å². The third kappa shape index (κ3) is 2.63. The van der Waals surface area contributed by atoms with Crippen LogP contribution >= 0.6 is 0 Å². The number of amides is 1. The monoisotopic (exact) mass is 239 g/mol. The van der Waals surface area contributed by atoms with E-state index in [4.69, 9.17) is 5.73 Å². The van der Waals surface area contributed by atoms with Gasteiger partial charge in [-0.15, -0.1) is 0 Å². The Balaban J connectivity index is 1.77. The number of hydrogen-bond acceptors (Lipinski definition) is 3. The topological polar surface area (TPSA) is 58.4 Å². The maximum absolute atomic E-state index is 12.2. The van der Waals surface area contributed by atoms with Gasteiger partial charge in [0.15, 0.2) is 0 Å². The van der Waals surface area contributed by atoms with E-state index in [0.717, 1.165) is 32.5 Å². The third-order valence-electron chi connectivity index (χ3n) is 4.39. The Kier molecular flexibility index (Phi) is 3.73. The molecule has 0 aromatic carbocycles. The molecule has 17 heavy (non-hydrogen) atoms. The van der Waals surface area contributed by atoms with Crippen molar-refractivity contribution in [1.82, 2.24) is 10.2 Å². The Labute approximate surface area is 104 Å². The molecule has 0 bridgehead atoms. The molecule has 1 atom stereocenters. The zero-order valence-corrected chi connectivity index (χ0v) is 11.0. The molecule has 1 amide bonds. The number of nitrogens with zero attached hydrogens (tertiary/aromatic N) is 1. The van der Waals surface area contributed by atoms with E-state index in [-0.39, 0.29) is 11.3 Å². The van der Waals surface area contributed by atoms with E-state index in [2.05, 4.69) is 24.2 Å². The van der Waals surface area contributed by atoms with Crippen LogP contribution < -0.4 is 11.1 Å². The number of nitrogens with two attached hydrogens (primary N) is 1. The van der Waals surface area contributed by atoms with Crippen molar-refractivity contribution in [1.29, 1.82) is 0 Å². The van der Waals surface area contributed by atoms with E-state index in [0.29, 0.717) is 18.4 Å². The number of carbonyl (C=O) groups is 1. The molecule has 0 aromatic rings. The normalized spacial score (nSPS) is 37.8. The number of hydrogen-bond donors (Lipinski definition) is 2. The van der Waals surface area contributed by atoms with Crippen LogP contribution in [0.2, 0.25) is 0 Å². The highest BCUT2D eigenvalue weighted by Crippen LogP contribution is 2.44. The molecule has 0 spiro atoms. The second-order valence-electron chi connectivity index (χ2n) is 6.12. The lowest BCUT2D eigenvalue weighted by molar-refractivity contribution is -0.138. The Bertz CT molecular complexity index is 286. The summed E-state index contributed by atoms with van der Waals surface area (Å²) in [5, 5.41) is 3.11. The van der Waals surface area contributed by atoms with Crippen LogP contribution in [0.5, 0.6) is 0 Å². The van der Waals surface area contributed by atoms with E-state index in [9.17, 15) is 4.79 Å². The summed E-state index contributed by atoms with van der Waals surface area (Å²) in [6, 6.07) is 0. The van der Waals surface area contributed by atoms with Gasteiger partial charge in [-0.05, 0) is 44.7 Å². The average Bonchev–Trinajstić information content (AvgIpc) is 2.67. The molecule has 1 heterocycles. The molecular formula is C13H25N3O. The molecular weight excluding hydrogens is 214 g/mol. The largest absolute Gasteiger partial charge is 0.355 e. The first-order valence-corrected chi connectivity index (χ1v) is 6.72. The van der Waals surface area contributed by atoms with Crippen LogP contribution in [0.15, 0.2) is 0 Å². The standard InChI is InChI=1S/C13H25N3O/c1-10-5-13(6-10,9-14)12(17)15-7-11-3-4-16(2)8-11/h10-11H,3-9,14H2,1-2H3,(H,15,17). The fourth-order valence-corrected chi connectivity index (χ4v) is 3.34. The Morgan fingerprint density at radius 1 is 1.53 bits per heavy atom. The van der Waals surface area contributed by atoms with Crippen molar-refractivity contribution < 1.29 is 4.79 Å². The van der Waals surface area contributed by atoms with Crippen molar-refractivity contribution in [2.24, 2.45) is 23.0 Å². The summed E-state index contributed by atoms with van der Waals surface area (Å²) in [4.78, 5) is 14.5. The fraction of sp³-hybridized carbons (Fsp3) is 0.923. The first-order chi connectivity index (χ1) is 8.05. The van der Waals surface area contributed by atoms with Crippen molar-refractivity contribution >= 4 is 5.91 Å². The van der Waals surface area contributed by atoms with Crippen LogP contribution in [0, 0.1) is 17.3 Å². The van der Waals surface area contributed by atoms with Gasteiger partial charge < -0.3 is 16.0 Å². The molecule has 1 saturated heterocycles. The van der Waals surface area contributed by atoms with Crippen molar-refractivity contribution in [3.63, 3.8) is 0 Å². The minimum absolute atomic E-state index is 0.188. The van der Waals surface area contributed by atoms with Gasteiger partial charge >= 0.3 is 0 Å². The van der Waals surface area contributed by atoms with Gasteiger partial charge in [-0.3, -0.25) is 4.79 Å². The maximum atomic E-state index is 12.2. The summed E-state index contributed by atoms with van der Waals surface area (Å²) in [5.41, 5.74) is 5.52. The van der Waals surface area contributed by atoms with Crippen molar-refractivity contribution in [3.8, 4) is 0 Å². The van der Waals surface area contributed by atoms with Gasteiger partial charge in [0.2, 0.25) is 5.91 Å². The highest BCUT2D eigenvalue weighted by molar-refractivity contribution is 5.83. The van der Waals surface area contributed by atoms with E-state index in [1.54, 1.807) is 0 Å². The fourth-order valence-electron chi connectivity index (χ4n) is 3.34. The van der Waals surface area contributed by atoms with Crippen LogP contribution in [0.3, 0.4) is 0 Å². The summed E-state index contributed by atoms with van der Waals surface area (Å²) in [7, 11) is 2.14. The van der Waals surface area contributed by atoms with Crippen molar-refractivity contribution in [2.45, 2.75) is 26.2 Å². The summed E-state index contributed by atoms with van der Waals surface area (Å²) in [6.45, 7) is 5.76. The molecule has 3 N–H and O–H groups in total. The molecule has 1 aliphatic heterocycles. The minimum Gasteiger partial charge on any atom is -0.355 e. The Morgan fingerprint density at radius 2 is 2.24 bits per heavy atom. The molecule has 4 nitrogen and oxygen atoms in total. The lowest BCUT2D eigenvalue weighted by atomic mass is 9.62. The van der Waals surface area contributed by atoms with Crippen molar-refractivity contribution in [2.75, 3.05) is 33.2 Å². The number of nitrogens with one attached hydrogen (secondary N) is 1. The van der Waals surface area contributed by atoms with Gasteiger partial charge in [0.1, 0.15) is 0 Å². The van der Waals surface area contributed by atoms with Crippen LogP contribution in [0.1, 0.15) is 26.2 Å². The van der Waals surface area contributed by atoms with Crippen molar-refractivity contribution in [3.05, 3.63) is 0 Å². The van der Waals surface area contributed by atoms with Crippen LogP contribution in [0.4, 0.5) is 0 Å². The van der Waals surface area contributed by atoms with Gasteiger partial charge in [-0.1, -0.05) is 6.92 Å². The van der Waals surface area contributed by atoms with E-state index in [1.807, 2.05) is 0 Å². The van der Waals surface area contributed by atoms with Gasteiger partial charge in [0, 0.05) is 19.6 Å². The zero-order chi connectivity index (χ0) is 12.5. The Morgan fingerprint density at radius 3 is 2.71 bits per heavy atom. The van der Waals surface area contributed by atoms with Crippen LogP contribution in [-0.4, -0.2) is 44.0 Å².